The van der Waals surface area contributed by atoms with Crippen molar-refractivity contribution in [1.29, 1.82) is 0 Å². The van der Waals surface area contributed by atoms with E-state index in [4.69, 9.17) is 0 Å². The Bertz CT molecular complexity index is 702. The van der Waals surface area contributed by atoms with E-state index in [9.17, 15) is 0 Å². The Morgan fingerprint density at radius 3 is 2.37 bits per heavy atom. The second kappa shape index (κ2) is 5.02. The number of hydrogen-bond acceptors (Lipinski definition) is 1. The van der Waals surface area contributed by atoms with Crippen LogP contribution < -0.4 is 0 Å². The molecule has 1 aromatic heterocycles. The standard InChI is InChI=1S/C16H13BrN2/c1-11-7-5-6-10-13(11)16-14(17)15(18-19-16)12-8-3-2-4-9-12/h2-10H,1H3,(H,18,19). The Morgan fingerprint density at radius 1 is 0.947 bits per heavy atom. The van der Waals surface area contributed by atoms with Gasteiger partial charge in [0.15, 0.2) is 0 Å². The highest BCUT2D eigenvalue weighted by Gasteiger charge is 2.14. The number of rotatable bonds is 2. The summed E-state index contributed by atoms with van der Waals surface area (Å²) in [7, 11) is 0. The topological polar surface area (TPSA) is 28.7 Å². The lowest BCUT2D eigenvalue weighted by Gasteiger charge is -2.03. The first kappa shape index (κ1) is 12.2. The Hall–Kier alpha value is -1.87. The maximum atomic E-state index is 4.45. The molecule has 19 heavy (non-hydrogen) atoms. The summed E-state index contributed by atoms with van der Waals surface area (Å²) in [5.41, 5.74) is 5.46. The van der Waals surface area contributed by atoms with Crippen LogP contribution in [0, 0.1) is 6.92 Å². The van der Waals surface area contributed by atoms with Gasteiger partial charge in [-0.15, -0.1) is 0 Å². The molecule has 3 heteroatoms. The maximum Gasteiger partial charge on any atom is 0.107 e. The van der Waals surface area contributed by atoms with E-state index in [-0.39, 0.29) is 0 Å². The molecule has 2 nitrogen and oxygen atoms in total. The highest BCUT2D eigenvalue weighted by Crippen LogP contribution is 2.35. The Balaban J connectivity index is 2.12. The number of aromatic amines is 1. The zero-order valence-corrected chi connectivity index (χ0v) is 12.1. The van der Waals surface area contributed by atoms with Crippen LogP contribution in [0.25, 0.3) is 22.5 Å². The third kappa shape index (κ3) is 2.22. The van der Waals surface area contributed by atoms with Gasteiger partial charge in [-0.1, -0.05) is 54.6 Å². The minimum absolute atomic E-state index is 0.956. The third-order valence-corrected chi connectivity index (χ3v) is 3.94. The minimum Gasteiger partial charge on any atom is -0.276 e. The van der Waals surface area contributed by atoms with Gasteiger partial charge in [0.1, 0.15) is 5.69 Å². The zero-order valence-electron chi connectivity index (χ0n) is 10.5. The van der Waals surface area contributed by atoms with Crippen molar-refractivity contribution < 1.29 is 0 Å². The molecule has 1 N–H and O–H groups in total. The molecule has 0 aliphatic heterocycles. The van der Waals surface area contributed by atoms with Crippen molar-refractivity contribution in [3.63, 3.8) is 0 Å². The monoisotopic (exact) mass is 312 g/mol. The van der Waals surface area contributed by atoms with Crippen LogP contribution in [-0.2, 0) is 0 Å². The van der Waals surface area contributed by atoms with E-state index >= 15 is 0 Å². The van der Waals surface area contributed by atoms with Crippen LogP contribution >= 0.6 is 15.9 Å². The number of halogens is 1. The van der Waals surface area contributed by atoms with Gasteiger partial charge in [0.2, 0.25) is 0 Å². The first-order valence-corrected chi connectivity index (χ1v) is 6.92. The summed E-state index contributed by atoms with van der Waals surface area (Å²) in [6, 6.07) is 18.5. The van der Waals surface area contributed by atoms with E-state index in [1.165, 1.54) is 5.56 Å². The summed E-state index contributed by atoms with van der Waals surface area (Å²) in [6.07, 6.45) is 0. The van der Waals surface area contributed by atoms with E-state index in [0.717, 1.165) is 27.0 Å². The van der Waals surface area contributed by atoms with E-state index in [1.807, 2.05) is 30.3 Å². The van der Waals surface area contributed by atoms with Gasteiger partial charge in [-0.05, 0) is 28.4 Å². The molecule has 0 unspecified atom stereocenters. The highest BCUT2D eigenvalue weighted by molar-refractivity contribution is 9.10. The Labute approximate surface area is 120 Å². The summed E-state index contributed by atoms with van der Waals surface area (Å²) < 4.78 is 1.01. The van der Waals surface area contributed by atoms with Gasteiger partial charge >= 0.3 is 0 Å². The fourth-order valence-electron chi connectivity index (χ4n) is 2.14. The minimum atomic E-state index is 0.956. The SMILES string of the molecule is Cc1ccccc1-c1n[nH]c(-c2ccccc2)c1Br. The third-order valence-electron chi connectivity index (χ3n) is 3.17. The van der Waals surface area contributed by atoms with Gasteiger partial charge in [0, 0.05) is 11.1 Å². The molecule has 1 heterocycles. The van der Waals surface area contributed by atoms with Crippen molar-refractivity contribution in [2.75, 3.05) is 0 Å². The fraction of sp³-hybridized carbons (Fsp3) is 0.0625. The summed E-state index contributed by atoms with van der Waals surface area (Å²) >= 11 is 3.67. The van der Waals surface area contributed by atoms with E-state index < -0.39 is 0 Å². The van der Waals surface area contributed by atoms with E-state index in [1.54, 1.807) is 0 Å². The van der Waals surface area contributed by atoms with Gasteiger partial charge < -0.3 is 0 Å². The smallest absolute Gasteiger partial charge is 0.107 e. The van der Waals surface area contributed by atoms with Crippen LogP contribution in [0.15, 0.2) is 59.1 Å². The molecule has 3 aromatic rings. The molecule has 0 amide bonds. The first-order chi connectivity index (χ1) is 9.27. The molecule has 0 bridgehead atoms. The highest BCUT2D eigenvalue weighted by atomic mass is 79.9. The lowest BCUT2D eigenvalue weighted by molar-refractivity contribution is 1.10. The van der Waals surface area contributed by atoms with Crippen LogP contribution in [0.5, 0.6) is 0 Å². The van der Waals surface area contributed by atoms with E-state index in [0.29, 0.717) is 0 Å². The van der Waals surface area contributed by atoms with Crippen molar-refractivity contribution in [3.8, 4) is 22.5 Å². The van der Waals surface area contributed by atoms with Gasteiger partial charge in [-0.25, -0.2) is 0 Å². The maximum absolute atomic E-state index is 4.45. The number of nitrogens with zero attached hydrogens (tertiary/aromatic N) is 1. The van der Waals surface area contributed by atoms with Crippen LogP contribution in [0.2, 0.25) is 0 Å². The number of nitrogens with one attached hydrogen (secondary N) is 1. The van der Waals surface area contributed by atoms with Crippen molar-refractivity contribution in [2.45, 2.75) is 6.92 Å². The normalized spacial score (nSPS) is 10.6. The second-order valence-corrected chi connectivity index (χ2v) is 5.24. The molecule has 0 saturated heterocycles. The number of H-pyrrole nitrogens is 1. The van der Waals surface area contributed by atoms with Gasteiger partial charge in [0.25, 0.3) is 0 Å². The number of benzene rings is 2. The van der Waals surface area contributed by atoms with Crippen LogP contribution in [-0.4, -0.2) is 10.2 Å². The molecule has 0 aliphatic rings. The van der Waals surface area contributed by atoms with Crippen molar-refractivity contribution in [2.24, 2.45) is 0 Å². The predicted octanol–water partition coefficient (Wildman–Crippen LogP) is 4.81. The fourth-order valence-corrected chi connectivity index (χ4v) is 2.76. The molecular weight excluding hydrogens is 300 g/mol. The predicted molar refractivity (Wildman–Crippen MR) is 81.9 cm³/mol. The van der Waals surface area contributed by atoms with Crippen molar-refractivity contribution in [3.05, 3.63) is 64.6 Å². The lowest BCUT2D eigenvalue weighted by atomic mass is 10.0. The molecule has 0 radical (unpaired) electrons. The molecule has 2 aromatic carbocycles. The number of hydrogen-bond donors (Lipinski definition) is 1. The lowest BCUT2D eigenvalue weighted by Crippen LogP contribution is -1.83. The van der Waals surface area contributed by atoms with Crippen molar-refractivity contribution >= 4 is 15.9 Å². The zero-order chi connectivity index (χ0) is 13.2. The number of aryl methyl sites for hydroxylation is 1. The summed E-state index contributed by atoms with van der Waals surface area (Å²) in [5.74, 6) is 0. The molecule has 0 saturated carbocycles. The van der Waals surface area contributed by atoms with Crippen LogP contribution in [0.4, 0.5) is 0 Å². The number of aromatic nitrogens is 2. The molecule has 3 rings (SSSR count). The molecule has 0 fully saturated rings. The average Bonchev–Trinajstić information content (AvgIpc) is 2.82. The second-order valence-electron chi connectivity index (χ2n) is 4.44. The largest absolute Gasteiger partial charge is 0.276 e. The molecular formula is C16H13BrN2. The van der Waals surface area contributed by atoms with Crippen molar-refractivity contribution in [1.82, 2.24) is 10.2 Å². The van der Waals surface area contributed by atoms with Gasteiger partial charge in [0.05, 0.1) is 10.2 Å². The first-order valence-electron chi connectivity index (χ1n) is 6.12. The summed E-state index contributed by atoms with van der Waals surface area (Å²) in [4.78, 5) is 0. The molecule has 0 spiro atoms. The Morgan fingerprint density at radius 2 is 1.63 bits per heavy atom. The molecule has 0 atom stereocenters. The summed E-state index contributed by atoms with van der Waals surface area (Å²) in [6.45, 7) is 2.10. The molecule has 94 valence electrons. The Kier molecular flexibility index (Phi) is 3.22. The molecule has 0 aliphatic carbocycles. The van der Waals surface area contributed by atoms with Crippen LogP contribution in [0.3, 0.4) is 0 Å². The van der Waals surface area contributed by atoms with Gasteiger partial charge in [-0.2, -0.15) is 5.10 Å². The van der Waals surface area contributed by atoms with Gasteiger partial charge in [-0.3, -0.25) is 5.10 Å². The quantitative estimate of drug-likeness (QED) is 0.722. The summed E-state index contributed by atoms with van der Waals surface area (Å²) in [5, 5.41) is 7.57. The average molecular weight is 313 g/mol. The van der Waals surface area contributed by atoms with E-state index in [2.05, 4.69) is 57.3 Å². The van der Waals surface area contributed by atoms with Crippen LogP contribution in [0.1, 0.15) is 5.56 Å².